The van der Waals surface area contributed by atoms with Gasteiger partial charge in [0.2, 0.25) is 23.5 Å². The Kier molecular flexibility index (Phi) is 12.5. The van der Waals surface area contributed by atoms with Gasteiger partial charge in [-0.15, -0.1) is 10.2 Å². The number of anilines is 1. The van der Waals surface area contributed by atoms with Crippen molar-refractivity contribution in [3.05, 3.63) is 51.0 Å². The molecule has 0 unspecified atom stereocenters. The molecule has 54 heavy (non-hydrogen) atoms. The highest BCUT2D eigenvalue weighted by Gasteiger charge is 2.39. The topological polar surface area (TPSA) is 225 Å². The summed E-state index contributed by atoms with van der Waals surface area (Å²) in [5.41, 5.74) is -1.79. The highest BCUT2D eigenvalue weighted by molar-refractivity contribution is 9.10. The number of methoxy groups -OCH3 is 2. The van der Waals surface area contributed by atoms with Gasteiger partial charge in [-0.1, -0.05) is 11.6 Å². The van der Waals surface area contributed by atoms with E-state index >= 15 is 0 Å². The van der Waals surface area contributed by atoms with Crippen molar-refractivity contribution in [3.8, 4) is 34.4 Å². The van der Waals surface area contributed by atoms with Crippen LogP contribution in [0.1, 0.15) is 29.9 Å². The Bertz CT molecular complexity index is 2290. The fourth-order valence-electron chi connectivity index (χ4n) is 4.40. The highest BCUT2D eigenvalue weighted by Crippen LogP contribution is 2.41. The van der Waals surface area contributed by atoms with Gasteiger partial charge in [0.1, 0.15) is 11.5 Å². The Labute approximate surface area is 316 Å². The smallest absolute Gasteiger partial charge is 0.434 e. The van der Waals surface area contributed by atoms with Crippen LogP contribution in [-0.4, -0.2) is 90.5 Å². The predicted octanol–water partition coefficient (Wildman–Crippen LogP) is 4.15. The maximum Gasteiger partial charge on any atom is 0.434 e. The molecule has 5 rings (SSSR count). The molecule has 1 aromatic carbocycles. The molecule has 4 heterocycles. The molecule has 2 amide bonds. The SMILES string of the molecule is CC(C)OC(=O)c1cc(-c2nn(C)c(C(F)(F)F)c2Br)c(F)cc1Cl.COc1cc(OC)nc(NC(=O)NS(=O)(=O)c2c(-c3nnn(C)n3)cnn2C)n1. The van der Waals surface area contributed by atoms with E-state index in [1.807, 2.05) is 4.72 Å². The first kappa shape index (κ1) is 41.3. The number of urea groups is 1. The first-order valence-electron chi connectivity index (χ1n) is 14.7. The Hall–Kier alpha value is -5.43. The molecule has 0 saturated heterocycles. The summed E-state index contributed by atoms with van der Waals surface area (Å²) in [5, 5.41) is 20.7. The predicted molar refractivity (Wildman–Crippen MR) is 182 cm³/mol. The lowest BCUT2D eigenvalue weighted by molar-refractivity contribution is -0.144. The molecule has 0 aliphatic heterocycles. The number of nitrogens with zero attached hydrogens (tertiary/aromatic N) is 10. The summed E-state index contributed by atoms with van der Waals surface area (Å²) in [6.45, 7) is 3.22. The minimum absolute atomic E-state index is 0.0299. The number of halogens is 6. The van der Waals surface area contributed by atoms with Crippen LogP contribution in [0.4, 0.5) is 28.3 Å². The van der Waals surface area contributed by atoms with Gasteiger partial charge in [0.15, 0.2) is 10.7 Å². The maximum atomic E-state index is 14.3. The quantitative estimate of drug-likeness (QED) is 0.157. The summed E-state index contributed by atoms with van der Waals surface area (Å²) >= 11 is 8.67. The van der Waals surface area contributed by atoms with Gasteiger partial charge in [0.25, 0.3) is 10.0 Å². The molecule has 19 nitrogen and oxygen atoms in total. The van der Waals surface area contributed by atoms with E-state index < -0.39 is 50.3 Å². The zero-order valence-electron chi connectivity index (χ0n) is 28.9. The molecule has 0 saturated carbocycles. The largest absolute Gasteiger partial charge is 0.481 e. The van der Waals surface area contributed by atoms with Gasteiger partial charge in [0, 0.05) is 19.7 Å². The number of aryl methyl sites for hydroxylation is 3. The van der Waals surface area contributed by atoms with E-state index in [9.17, 15) is 35.6 Å². The van der Waals surface area contributed by atoms with Gasteiger partial charge in [-0.2, -0.15) is 46.6 Å². The molecule has 0 spiro atoms. The molecule has 0 bridgehead atoms. The minimum atomic E-state index is -4.69. The number of carbonyl (C=O) groups excluding carboxylic acids is 2. The summed E-state index contributed by atoms with van der Waals surface area (Å²) in [5.74, 6) is -1.71. The van der Waals surface area contributed by atoms with Crippen LogP contribution in [0.25, 0.3) is 22.6 Å². The molecule has 2 N–H and O–H groups in total. The zero-order valence-corrected chi connectivity index (χ0v) is 32.1. The molecular weight excluding hydrogens is 840 g/mol. The molecule has 4 aromatic heterocycles. The molecule has 290 valence electrons. The second-order valence-corrected chi connectivity index (χ2v) is 13.6. The van der Waals surface area contributed by atoms with Crippen molar-refractivity contribution >= 4 is 55.5 Å². The number of rotatable bonds is 9. The number of aromatic nitrogens is 10. The number of esters is 1. The second-order valence-electron chi connectivity index (χ2n) is 10.8. The van der Waals surface area contributed by atoms with E-state index in [1.165, 1.54) is 40.6 Å². The molecular formula is C28H28BrClF4N12O7S. The third-order valence-electron chi connectivity index (χ3n) is 6.57. The lowest BCUT2D eigenvalue weighted by atomic mass is 10.1. The number of tetrazole rings is 1. The summed E-state index contributed by atoms with van der Waals surface area (Å²) in [4.78, 5) is 33.2. The number of sulfonamides is 1. The third-order valence-corrected chi connectivity index (χ3v) is 9.08. The zero-order chi connectivity index (χ0) is 40.3. The van der Waals surface area contributed by atoms with E-state index in [1.54, 1.807) is 13.8 Å². The van der Waals surface area contributed by atoms with Gasteiger partial charge in [-0.3, -0.25) is 14.7 Å². The standard InChI is InChI=1S/C15H12BrClF4N2O2.C13H16N10O5S/c1-6(2)25-14(24)7-4-8(10(18)5-9(7)17)12-11(16)13(15(19,20)21)23(3)22-12;1-22-11(7(6-14-22)10-18-21-23(2)19-10)29(25,26)20-13(24)17-12-15-8(27-3)5-9(16-12)28-4/h4-6H,1-3H3;5-6H,1-4H3,(H2,15,16,17,20,24). The van der Waals surface area contributed by atoms with Gasteiger partial charge in [-0.05, 0) is 47.1 Å². The summed E-state index contributed by atoms with van der Waals surface area (Å²) in [7, 11) is 2.36. The number of benzene rings is 1. The number of hydrogen-bond acceptors (Lipinski definition) is 14. The molecule has 0 aliphatic carbocycles. The van der Waals surface area contributed by atoms with Gasteiger partial charge < -0.3 is 14.2 Å². The van der Waals surface area contributed by atoms with Crippen LogP contribution in [0.3, 0.4) is 0 Å². The molecule has 26 heteroatoms. The van der Waals surface area contributed by atoms with Crippen molar-refractivity contribution in [1.29, 1.82) is 0 Å². The van der Waals surface area contributed by atoms with Crippen LogP contribution in [0, 0.1) is 5.82 Å². The van der Waals surface area contributed by atoms with Crippen LogP contribution in [0.5, 0.6) is 11.8 Å². The van der Waals surface area contributed by atoms with Crippen molar-refractivity contribution in [1.82, 2.24) is 54.5 Å². The number of ether oxygens (including phenoxy) is 3. The Morgan fingerprint density at radius 2 is 1.61 bits per heavy atom. The second kappa shape index (κ2) is 16.3. The van der Waals surface area contributed by atoms with Crippen molar-refractivity contribution in [2.45, 2.75) is 31.2 Å². The monoisotopic (exact) mass is 866 g/mol. The van der Waals surface area contributed by atoms with Crippen molar-refractivity contribution in [2.24, 2.45) is 21.1 Å². The normalized spacial score (nSPS) is 11.5. The average molecular weight is 868 g/mol. The van der Waals surface area contributed by atoms with Crippen molar-refractivity contribution < 1.29 is 49.8 Å². The van der Waals surface area contributed by atoms with Crippen LogP contribution in [0.15, 0.2) is 33.9 Å². The van der Waals surface area contributed by atoms with Crippen LogP contribution >= 0.6 is 27.5 Å². The molecule has 5 aromatic rings. The van der Waals surface area contributed by atoms with Gasteiger partial charge in [0.05, 0.1) is 60.3 Å². The van der Waals surface area contributed by atoms with Crippen molar-refractivity contribution in [3.63, 3.8) is 0 Å². The number of alkyl halides is 3. The molecule has 0 atom stereocenters. The van der Waals surface area contributed by atoms with E-state index in [2.05, 4.69) is 56.8 Å². The van der Waals surface area contributed by atoms with Crippen LogP contribution in [-0.2, 0) is 42.1 Å². The average Bonchev–Trinajstić information content (AvgIpc) is 3.76. The Balaban J connectivity index is 0.000000244. The van der Waals surface area contributed by atoms with Gasteiger partial charge in [-0.25, -0.2) is 18.7 Å². The number of hydrogen-bond donors (Lipinski definition) is 2. The summed E-state index contributed by atoms with van der Waals surface area (Å²) in [6, 6.07) is 2.13. The van der Waals surface area contributed by atoms with E-state index in [0.717, 1.165) is 28.7 Å². The van der Waals surface area contributed by atoms with Crippen molar-refractivity contribution in [2.75, 3.05) is 19.5 Å². The first-order valence-corrected chi connectivity index (χ1v) is 17.4. The Morgan fingerprint density at radius 3 is 2.13 bits per heavy atom. The highest BCUT2D eigenvalue weighted by atomic mass is 79.9. The Morgan fingerprint density at radius 1 is 0.981 bits per heavy atom. The molecule has 0 fully saturated rings. The van der Waals surface area contributed by atoms with E-state index in [-0.39, 0.29) is 56.0 Å². The van der Waals surface area contributed by atoms with Crippen LogP contribution < -0.4 is 19.5 Å². The third kappa shape index (κ3) is 9.37. The maximum absolute atomic E-state index is 14.3. The van der Waals surface area contributed by atoms with E-state index in [0.29, 0.717) is 4.68 Å². The van der Waals surface area contributed by atoms with Gasteiger partial charge >= 0.3 is 18.2 Å². The lowest BCUT2D eigenvalue weighted by Gasteiger charge is -2.11. The summed E-state index contributed by atoms with van der Waals surface area (Å²) in [6.07, 6.45) is -3.89. The first-order chi connectivity index (χ1) is 25.2. The number of carbonyl (C=O) groups is 2. The number of nitrogens with one attached hydrogen (secondary N) is 2. The fraction of sp³-hybridized carbons (Fsp3) is 0.321. The fourth-order valence-corrected chi connectivity index (χ4v) is 6.62. The molecule has 0 aliphatic rings. The molecule has 0 radical (unpaired) electrons. The lowest BCUT2D eigenvalue weighted by Crippen LogP contribution is -2.36. The number of amides is 2. The minimum Gasteiger partial charge on any atom is -0.481 e. The summed E-state index contributed by atoms with van der Waals surface area (Å²) < 4.78 is 97.0. The van der Waals surface area contributed by atoms with E-state index in [4.69, 9.17) is 25.8 Å². The van der Waals surface area contributed by atoms with Crippen LogP contribution in [0.2, 0.25) is 5.02 Å².